The average Bonchev–Trinajstić information content (AvgIpc) is 3.39. The first kappa shape index (κ1) is 22.2. The van der Waals surface area contributed by atoms with Crippen LogP contribution in [-0.2, 0) is 14.8 Å². The van der Waals surface area contributed by atoms with E-state index in [1.54, 1.807) is 28.8 Å². The van der Waals surface area contributed by atoms with Crippen LogP contribution < -0.4 is 14.8 Å². The number of aromatic nitrogens is 2. The molecule has 11 heteroatoms. The Hall–Kier alpha value is -3.02. The molecule has 166 valence electrons. The smallest absolute Gasteiger partial charge is 0.263 e. The number of amides is 1. The summed E-state index contributed by atoms with van der Waals surface area (Å²) < 4.78 is 34.0. The van der Waals surface area contributed by atoms with E-state index in [9.17, 15) is 13.2 Å². The first-order valence-corrected chi connectivity index (χ1v) is 12.9. The highest BCUT2D eigenvalue weighted by molar-refractivity contribution is 7.93. The van der Waals surface area contributed by atoms with Gasteiger partial charge in [0.1, 0.15) is 5.75 Å². The van der Waals surface area contributed by atoms with Crippen LogP contribution in [0.5, 0.6) is 5.75 Å². The largest absolute Gasteiger partial charge is 0.494 e. The predicted octanol–water partition coefficient (Wildman–Crippen LogP) is 4.66. The van der Waals surface area contributed by atoms with Gasteiger partial charge in [0.25, 0.3) is 10.0 Å². The van der Waals surface area contributed by atoms with Crippen LogP contribution in [0.3, 0.4) is 0 Å². The Morgan fingerprint density at radius 2 is 1.97 bits per heavy atom. The Morgan fingerprint density at radius 1 is 1.16 bits per heavy atom. The second-order valence-corrected chi connectivity index (χ2v) is 10.6. The third-order valence-corrected chi connectivity index (χ3v) is 7.51. The Morgan fingerprint density at radius 3 is 2.72 bits per heavy atom. The molecule has 2 aromatic heterocycles. The molecule has 4 aromatic rings. The van der Waals surface area contributed by atoms with Crippen molar-refractivity contribution in [2.45, 2.75) is 24.7 Å². The van der Waals surface area contributed by atoms with Gasteiger partial charge in [0.05, 0.1) is 26.7 Å². The van der Waals surface area contributed by atoms with Gasteiger partial charge in [-0.2, -0.15) is 0 Å². The topological polar surface area (TPSA) is 110 Å². The molecule has 1 amide bonds. The van der Waals surface area contributed by atoms with E-state index in [-0.39, 0.29) is 17.2 Å². The van der Waals surface area contributed by atoms with Gasteiger partial charge in [-0.1, -0.05) is 0 Å². The van der Waals surface area contributed by atoms with Gasteiger partial charge in [0, 0.05) is 29.8 Å². The molecule has 0 spiro atoms. The Labute approximate surface area is 193 Å². The minimum atomic E-state index is -3.72. The number of carbonyl (C=O) groups is 1. The van der Waals surface area contributed by atoms with Crippen molar-refractivity contribution < 1.29 is 17.9 Å². The second kappa shape index (κ2) is 9.63. The lowest BCUT2D eigenvalue weighted by Gasteiger charge is -2.09. The van der Waals surface area contributed by atoms with Gasteiger partial charge in [-0.15, -0.1) is 22.7 Å². The number of nitrogens with one attached hydrogen (secondary N) is 2. The maximum absolute atomic E-state index is 12.3. The van der Waals surface area contributed by atoms with Crippen molar-refractivity contribution >= 4 is 59.6 Å². The van der Waals surface area contributed by atoms with Crippen LogP contribution in [0.15, 0.2) is 58.9 Å². The molecule has 0 aliphatic rings. The molecule has 8 nitrogen and oxygen atoms in total. The fraction of sp³-hybridized carbons (Fsp3) is 0.190. The molecular weight excluding hydrogens is 468 g/mol. The Balaban J connectivity index is 1.24. The summed E-state index contributed by atoms with van der Waals surface area (Å²) in [7, 11) is -3.72. The Kier molecular flexibility index (Phi) is 6.68. The molecule has 0 bridgehead atoms. The number of thiazole rings is 2. The molecule has 32 heavy (non-hydrogen) atoms. The molecule has 0 fully saturated rings. The number of benzene rings is 2. The first-order valence-electron chi connectivity index (χ1n) is 9.71. The number of hydrogen-bond donors (Lipinski definition) is 2. The number of ether oxygens (including phenoxy) is 1. The van der Waals surface area contributed by atoms with Crippen LogP contribution in [0.4, 0.5) is 10.8 Å². The average molecular weight is 489 g/mol. The second-order valence-electron chi connectivity index (χ2n) is 6.83. The highest BCUT2D eigenvalue weighted by Crippen LogP contribution is 2.25. The van der Waals surface area contributed by atoms with Crippen LogP contribution in [-0.4, -0.2) is 30.9 Å². The SMILES string of the molecule is Cc1nc2cc(OCCCC(=O)Nc3ccc(S(=O)(=O)Nc4nccs4)cc3)ccc2s1. The zero-order valence-corrected chi connectivity index (χ0v) is 19.5. The fourth-order valence-electron chi connectivity index (χ4n) is 2.92. The summed E-state index contributed by atoms with van der Waals surface area (Å²) in [6, 6.07) is 11.8. The van der Waals surface area contributed by atoms with Crippen molar-refractivity contribution in [3.05, 3.63) is 59.0 Å². The maximum atomic E-state index is 12.3. The molecule has 2 aromatic carbocycles. The van der Waals surface area contributed by atoms with E-state index in [4.69, 9.17) is 4.74 Å². The van der Waals surface area contributed by atoms with Crippen LogP contribution in [0.1, 0.15) is 17.8 Å². The molecule has 0 aliphatic heterocycles. The molecule has 0 saturated carbocycles. The summed E-state index contributed by atoms with van der Waals surface area (Å²) in [5.74, 6) is 0.557. The van der Waals surface area contributed by atoms with Gasteiger partial charge in [0.2, 0.25) is 5.91 Å². The Bertz CT molecular complexity index is 1320. The number of aryl methyl sites for hydroxylation is 1. The zero-order chi connectivity index (χ0) is 22.6. The summed E-state index contributed by atoms with van der Waals surface area (Å²) in [5, 5.41) is 5.75. The van der Waals surface area contributed by atoms with Gasteiger partial charge in [-0.3, -0.25) is 9.52 Å². The third-order valence-electron chi connectivity index (χ3n) is 4.39. The van der Waals surface area contributed by atoms with E-state index in [2.05, 4.69) is 20.0 Å². The van der Waals surface area contributed by atoms with Crippen LogP contribution >= 0.6 is 22.7 Å². The molecule has 0 unspecified atom stereocenters. The molecule has 0 saturated heterocycles. The number of nitrogens with zero attached hydrogens (tertiary/aromatic N) is 2. The van der Waals surface area contributed by atoms with Gasteiger partial charge in [-0.05, 0) is 49.7 Å². The monoisotopic (exact) mass is 488 g/mol. The minimum absolute atomic E-state index is 0.0892. The van der Waals surface area contributed by atoms with Crippen molar-refractivity contribution in [3.8, 4) is 5.75 Å². The summed E-state index contributed by atoms with van der Waals surface area (Å²) >= 11 is 2.83. The summed E-state index contributed by atoms with van der Waals surface area (Å²) in [5.41, 5.74) is 1.43. The highest BCUT2D eigenvalue weighted by Gasteiger charge is 2.15. The molecule has 2 heterocycles. The number of rotatable bonds is 9. The number of hydrogen-bond acceptors (Lipinski definition) is 8. The quantitative estimate of drug-likeness (QED) is 0.332. The van der Waals surface area contributed by atoms with Crippen LogP contribution in [0, 0.1) is 6.92 Å². The number of carbonyl (C=O) groups excluding carboxylic acids is 1. The molecular formula is C21H20N4O4S3. The number of sulfonamides is 1. The number of fused-ring (bicyclic) bond motifs is 1. The fourth-order valence-corrected chi connectivity index (χ4v) is 5.52. The normalized spacial score (nSPS) is 11.4. The molecule has 0 atom stereocenters. The van der Waals surface area contributed by atoms with Crippen LogP contribution in [0.25, 0.3) is 10.2 Å². The van der Waals surface area contributed by atoms with Crippen molar-refractivity contribution in [2.24, 2.45) is 0 Å². The lowest BCUT2D eigenvalue weighted by Crippen LogP contribution is -2.14. The van der Waals surface area contributed by atoms with Crippen LogP contribution in [0.2, 0.25) is 0 Å². The lowest BCUT2D eigenvalue weighted by molar-refractivity contribution is -0.116. The first-order chi connectivity index (χ1) is 15.4. The summed E-state index contributed by atoms with van der Waals surface area (Å²) in [6.07, 6.45) is 2.35. The van der Waals surface area contributed by atoms with Crippen molar-refractivity contribution in [1.82, 2.24) is 9.97 Å². The van der Waals surface area contributed by atoms with E-state index < -0.39 is 10.0 Å². The zero-order valence-electron chi connectivity index (χ0n) is 17.1. The summed E-state index contributed by atoms with van der Waals surface area (Å²) in [4.78, 5) is 20.6. The van der Waals surface area contributed by atoms with Gasteiger partial charge in [0.15, 0.2) is 5.13 Å². The molecule has 0 aliphatic carbocycles. The molecule has 4 rings (SSSR count). The molecule has 0 radical (unpaired) electrons. The van der Waals surface area contributed by atoms with Crippen molar-refractivity contribution in [1.29, 1.82) is 0 Å². The highest BCUT2D eigenvalue weighted by atomic mass is 32.2. The van der Waals surface area contributed by atoms with E-state index >= 15 is 0 Å². The van der Waals surface area contributed by atoms with Gasteiger partial charge >= 0.3 is 0 Å². The lowest BCUT2D eigenvalue weighted by atomic mass is 10.2. The standard InChI is InChI=1S/C21H20N4O4S3/c1-14-23-18-13-16(6-9-19(18)31-14)29-11-2-3-20(26)24-15-4-7-17(8-5-15)32(27,28)25-21-22-10-12-30-21/h4-10,12-13H,2-3,11H2,1H3,(H,22,25)(H,24,26). The van der Waals surface area contributed by atoms with E-state index in [0.717, 1.165) is 21.0 Å². The maximum Gasteiger partial charge on any atom is 0.263 e. The van der Waals surface area contributed by atoms with Gasteiger partial charge in [-0.25, -0.2) is 18.4 Å². The van der Waals surface area contributed by atoms with E-state index in [1.807, 2.05) is 25.1 Å². The minimum Gasteiger partial charge on any atom is -0.494 e. The van der Waals surface area contributed by atoms with E-state index in [1.165, 1.54) is 29.7 Å². The van der Waals surface area contributed by atoms with Gasteiger partial charge < -0.3 is 10.1 Å². The predicted molar refractivity (Wildman–Crippen MR) is 127 cm³/mol. The third kappa shape index (κ3) is 5.61. The molecule has 2 N–H and O–H groups in total. The van der Waals surface area contributed by atoms with Crippen molar-refractivity contribution in [2.75, 3.05) is 16.6 Å². The summed E-state index contributed by atoms with van der Waals surface area (Å²) in [6.45, 7) is 2.37. The van der Waals surface area contributed by atoms with Crippen molar-refractivity contribution in [3.63, 3.8) is 0 Å². The van der Waals surface area contributed by atoms with E-state index in [0.29, 0.717) is 23.8 Å². The number of anilines is 2.